The molecule has 0 spiro atoms. The lowest BCUT2D eigenvalue weighted by molar-refractivity contribution is 0.305. The number of hydrogen-bond acceptors (Lipinski definition) is 3. The molecule has 0 bridgehead atoms. The van der Waals surface area contributed by atoms with Gasteiger partial charge in [-0.15, -0.1) is 0 Å². The molecular formula is C11H17NO2. The third kappa shape index (κ3) is 4.14. The van der Waals surface area contributed by atoms with Gasteiger partial charge in [0.15, 0.2) is 0 Å². The van der Waals surface area contributed by atoms with Crippen molar-refractivity contribution >= 4 is 0 Å². The molecule has 0 aromatic heterocycles. The highest BCUT2D eigenvalue weighted by Gasteiger charge is 1.94. The van der Waals surface area contributed by atoms with E-state index in [1.54, 1.807) is 18.2 Å². The molecule has 0 amide bonds. The van der Waals surface area contributed by atoms with Gasteiger partial charge in [-0.05, 0) is 38.6 Å². The number of phenolic OH excluding ortho intramolecular Hbond substituents is 1. The van der Waals surface area contributed by atoms with E-state index < -0.39 is 0 Å². The normalized spacial score (nSPS) is 10.1. The van der Waals surface area contributed by atoms with Gasteiger partial charge in [-0.2, -0.15) is 0 Å². The second-order valence-electron chi connectivity index (χ2n) is 3.16. The summed E-state index contributed by atoms with van der Waals surface area (Å²) in [5, 5.41) is 12.2. The molecule has 0 aliphatic heterocycles. The molecule has 0 unspecified atom stereocenters. The van der Waals surface area contributed by atoms with Gasteiger partial charge in [-0.25, -0.2) is 0 Å². The maximum atomic E-state index is 9.16. The SMILES string of the molecule is CNCCCCOc1cccc(O)c1. The van der Waals surface area contributed by atoms with Gasteiger partial charge in [0.05, 0.1) is 6.61 Å². The van der Waals surface area contributed by atoms with Gasteiger partial charge in [0, 0.05) is 6.07 Å². The summed E-state index contributed by atoms with van der Waals surface area (Å²) >= 11 is 0. The van der Waals surface area contributed by atoms with Crippen molar-refractivity contribution in [1.82, 2.24) is 5.32 Å². The van der Waals surface area contributed by atoms with E-state index in [4.69, 9.17) is 9.84 Å². The Balaban J connectivity index is 2.18. The highest BCUT2D eigenvalue weighted by atomic mass is 16.5. The summed E-state index contributed by atoms with van der Waals surface area (Å²) in [4.78, 5) is 0. The van der Waals surface area contributed by atoms with E-state index in [0.717, 1.165) is 25.1 Å². The van der Waals surface area contributed by atoms with Crippen LogP contribution in [0.1, 0.15) is 12.8 Å². The number of aromatic hydroxyl groups is 1. The van der Waals surface area contributed by atoms with E-state index in [9.17, 15) is 0 Å². The second-order valence-corrected chi connectivity index (χ2v) is 3.16. The molecule has 78 valence electrons. The fourth-order valence-corrected chi connectivity index (χ4v) is 1.17. The topological polar surface area (TPSA) is 41.5 Å². The Kier molecular flexibility index (Phi) is 4.86. The van der Waals surface area contributed by atoms with Crippen LogP contribution in [0.15, 0.2) is 24.3 Å². The van der Waals surface area contributed by atoms with Crippen LogP contribution in [-0.4, -0.2) is 25.3 Å². The minimum atomic E-state index is 0.248. The predicted octanol–water partition coefficient (Wildman–Crippen LogP) is 1.77. The highest BCUT2D eigenvalue weighted by Crippen LogP contribution is 2.17. The molecule has 2 N–H and O–H groups in total. The second kappa shape index (κ2) is 6.27. The molecule has 1 rings (SSSR count). The lowest BCUT2D eigenvalue weighted by Crippen LogP contribution is -2.09. The first kappa shape index (κ1) is 10.9. The zero-order valence-corrected chi connectivity index (χ0v) is 8.49. The first-order valence-electron chi connectivity index (χ1n) is 4.89. The lowest BCUT2D eigenvalue weighted by Gasteiger charge is -2.05. The first-order chi connectivity index (χ1) is 6.83. The molecule has 0 heterocycles. The van der Waals surface area contributed by atoms with Gasteiger partial charge in [0.25, 0.3) is 0 Å². The van der Waals surface area contributed by atoms with E-state index in [0.29, 0.717) is 6.61 Å². The molecule has 0 aliphatic carbocycles. The van der Waals surface area contributed by atoms with Crippen molar-refractivity contribution < 1.29 is 9.84 Å². The van der Waals surface area contributed by atoms with Crippen molar-refractivity contribution in [3.63, 3.8) is 0 Å². The van der Waals surface area contributed by atoms with Gasteiger partial charge >= 0.3 is 0 Å². The van der Waals surface area contributed by atoms with Gasteiger partial charge < -0.3 is 15.2 Å². The molecule has 0 saturated heterocycles. The molecule has 0 saturated carbocycles. The summed E-state index contributed by atoms with van der Waals surface area (Å²) in [6.45, 7) is 1.72. The minimum Gasteiger partial charge on any atom is -0.508 e. The van der Waals surface area contributed by atoms with Crippen LogP contribution in [0.4, 0.5) is 0 Å². The van der Waals surface area contributed by atoms with Crippen LogP contribution in [0.2, 0.25) is 0 Å². The predicted molar refractivity (Wildman–Crippen MR) is 56.8 cm³/mol. The summed E-state index contributed by atoms with van der Waals surface area (Å²) in [6, 6.07) is 6.88. The molecule has 0 atom stereocenters. The van der Waals surface area contributed by atoms with E-state index in [1.807, 2.05) is 13.1 Å². The van der Waals surface area contributed by atoms with Crippen LogP contribution in [0, 0.1) is 0 Å². The van der Waals surface area contributed by atoms with E-state index in [1.165, 1.54) is 0 Å². The molecule has 1 aromatic carbocycles. The Labute approximate surface area is 84.7 Å². The maximum Gasteiger partial charge on any atom is 0.122 e. The highest BCUT2D eigenvalue weighted by molar-refractivity contribution is 5.31. The molecule has 3 nitrogen and oxygen atoms in total. The van der Waals surface area contributed by atoms with Crippen molar-refractivity contribution in [3.05, 3.63) is 24.3 Å². The largest absolute Gasteiger partial charge is 0.508 e. The zero-order chi connectivity index (χ0) is 10.2. The van der Waals surface area contributed by atoms with Crippen molar-refractivity contribution in [2.75, 3.05) is 20.2 Å². The number of rotatable bonds is 6. The first-order valence-corrected chi connectivity index (χ1v) is 4.89. The average molecular weight is 195 g/mol. The van der Waals surface area contributed by atoms with Crippen molar-refractivity contribution in [3.8, 4) is 11.5 Å². The number of unbranched alkanes of at least 4 members (excludes halogenated alkanes) is 1. The Morgan fingerprint density at radius 3 is 2.93 bits per heavy atom. The summed E-state index contributed by atoms with van der Waals surface area (Å²) in [5.74, 6) is 0.979. The molecule has 0 fully saturated rings. The Bertz CT molecular complexity index is 263. The van der Waals surface area contributed by atoms with Gasteiger partial charge in [-0.1, -0.05) is 6.07 Å². The third-order valence-corrected chi connectivity index (χ3v) is 1.91. The molecule has 14 heavy (non-hydrogen) atoms. The number of nitrogens with one attached hydrogen (secondary N) is 1. The number of ether oxygens (including phenoxy) is 1. The standard InChI is InChI=1S/C11H17NO2/c1-12-7-2-3-8-14-11-6-4-5-10(13)9-11/h4-6,9,12-13H,2-3,7-8H2,1H3. The summed E-state index contributed by atoms with van der Waals surface area (Å²) in [7, 11) is 1.94. The third-order valence-electron chi connectivity index (χ3n) is 1.91. The zero-order valence-electron chi connectivity index (χ0n) is 8.49. The van der Waals surface area contributed by atoms with Gasteiger partial charge in [0.2, 0.25) is 0 Å². The average Bonchev–Trinajstić information content (AvgIpc) is 2.18. The molecule has 1 aromatic rings. The number of phenols is 1. The van der Waals surface area contributed by atoms with E-state index in [-0.39, 0.29) is 5.75 Å². The minimum absolute atomic E-state index is 0.248. The fourth-order valence-electron chi connectivity index (χ4n) is 1.17. The Morgan fingerprint density at radius 1 is 1.36 bits per heavy atom. The summed E-state index contributed by atoms with van der Waals surface area (Å²) in [6.07, 6.45) is 2.13. The number of benzene rings is 1. The van der Waals surface area contributed by atoms with Crippen LogP contribution in [0.25, 0.3) is 0 Å². The molecule has 0 radical (unpaired) electrons. The van der Waals surface area contributed by atoms with Crippen LogP contribution < -0.4 is 10.1 Å². The van der Waals surface area contributed by atoms with Crippen LogP contribution in [0.3, 0.4) is 0 Å². The maximum absolute atomic E-state index is 9.16. The summed E-state index contributed by atoms with van der Waals surface area (Å²) < 4.78 is 5.45. The Morgan fingerprint density at radius 2 is 2.21 bits per heavy atom. The molecule has 3 heteroatoms. The summed E-state index contributed by atoms with van der Waals surface area (Å²) in [5.41, 5.74) is 0. The van der Waals surface area contributed by atoms with Crippen LogP contribution in [-0.2, 0) is 0 Å². The number of hydrogen-bond donors (Lipinski definition) is 2. The Hall–Kier alpha value is -1.22. The molecular weight excluding hydrogens is 178 g/mol. The lowest BCUT2D eigenvalue weighted by atomic mass is 10.3. The van der Waals surface area contributed by atoms with Crippen molar-refractivity contribution in [2.24, 2.45) is 0 Å². The van der Waals surface area contributed by atoms with E-state index in [2.05, 4.69) is 5.32 Å². The van der Waals surface area contributed by atoms with Crippen LogP contribution >= 0.6 is 0 Å². The van der Waals surface area contributed by atoms with Crippen molar-refractivity contribution in [2.45, 2.75) is 12.8 Å². The van der Waals surface area contributed by atoms with E-state index >= 15 is 0 Å². The monoisotopic (exact) mass is 195 g/mol. The quantitative estimate of drug-likeness (QED) is 0.680. The van der Waals surface area contributed by atoms with Crippen molar-refractivity contribution in [1.29, 1.82) is 0 Å². The van der Waals surface area contributed by atoms with Gasteiger partial charge in [0.1, 0.15) is 11.5 Å². The smallest absolute Gasteiger partial charge is 0.122 e. The molecule has 0 aliphatic rings. The van der Waals surface area contributed by atoms with Gasteiger partial charge in [-0.3, -0.25) is 0 Å². The fraction of sp³-hybridized carbons (Fsp3) is 0.455. The van der Waals surface area contributed by atoms with Crippen LogP contribution in [0.5, 0.6) is 11.5 Å².